The van der Waals surface area contributed by atoms with E-state index in [4.69, 9.17) is 16.9 Å². The number of pyridine rings is 1. The van der Waals surface area contributed by atoms with Crippen molar-refractivity contribution in [3.8, 4) is 22.9 Å². The lowest BCUT2D eigenvalue weighted by Gasteiger charge is -2.12. The lowest BCUT2D eigenvalue weighted by molar-refractivity contribution is -0.0494. The summed E-state index contributed by atoms with van der Waals surface area (Å²) in [5, 5.41) is 9.30. The number of aromatic amines is 1. The minimum atomic E-state index is -3.05. The molecule has 0 bridgehead atoms. The van der Waals surface area contributed by atoms with Crippen LogP contribution in [0.15, 0.2) is 29.1 Å². The summed E-state index contributed by atoms with van der Waals surface area (Å²) in [6, 6.07) is 7.38. The molecule has 0 atom stereocenters. The molecular formula is C14H9ClF2N2O2. The van der Waals surface area contributed by atoms with Crippen molar-refractivity contribution >= 4 is 11.6 Å². The highest BCUT2D eigenvalue weighted by Crippen LogP contribution is 2.34. The first-order valence-corrected chi connectivity index (χ1v) is 6.19. The van der Waals surface area contributed by atoms with Crippen molar-refractivity contribution < 1.29 is 13.5 Å². The Morgan fingerprint density at radius 2 is 2.05 bits per heavy atom. The van der Waals surface area contributed by atoms with E-state index in [1.54, 1.807) is 13.0 Å². The number of nitrogens with zero attached hydrogens (tertiary/aromatic N) is 1. The first-order valence-electron chi connectivity index (χ1n) is 5.81. The predicted octanol–water partition coefficient (Wildman–Crippen LogP) is 3.48. The molecule has 0 unspecified atom stereocenters. The average Bonchev–Trinajstić information content (AvgIpc) is 2.37. The van der Waals surface area contributed by atoms with Crippen molar-refractivity contribution in [3.63, 3.8) is 0 Å². The van der Waals surface area contributed by atoms with Gasteiger partial charge < -0.3 is 9.72 Å². The molecule has 0 aliphatic rings. The van der Waals surface area contributed by atoms with Crippen molar-refractivity contribution in [3.05, 3.63) is 50.9 Å². The van der Waals surface area contributed by atoms with Crippen LogP contribution in [0.1, 0.15) is 11.3 Å². The van der Waals surface area contributed by atoms with Crippen molar-refractivity contribution in [2.24, 2.45) is 0 Å². The molecule has 0 spiro atoms. The first-order chi connectivity index (χ1) is 9.92. The molecule has 0 saturated carbocycles. The van der Waals surface area contributed by atoms with E-state index < -0.39 is 12.2 Å². The van der Waals surface area contributed by atoms with Gasteiger partial charge in [-0.2, -0.15) is 14.0 Å². The molecule has 0 aliphatic carbocycles. The van der Waals surface area contributed by atoms with E-state index in [0.717, 1.165) is 0 Å². The molecule has 21 heavy (non-hydrogen) atoms. The highest BCUT2D eigenvalue weighted by molar-refractivity contribution is 6.30. The third-order valence-electron chi connectivity index (χ3n) is 2.73. The van der Waals surface area contributed by atoms with Gasteiger partial charge in [0.1, 0.15) is 17.4 Å². The van der Waals surface area contributed by atoms with Gasteiger partial charge >= 0.3 is 6.61 Å². The third kappa shape index (κ3) is 3.20. The second kappa shape index (κ2) is 5.94. The van der Waals surface area contributed by atoms with Crippen molar-refractivity contribution in [1.29, 1.82) is 5.26 Å². The Hall–Kier alpha value is -2.39. The molecule has 0 fully saturated rings. The van der Waals surface area contributed by atoms with Crippen LogP contribution in [0.2, 0.25) is 5.02 Å². The standard InChI is InChI=1S/C14H9ClF2N2O2/c1-7-4-10(11(6-18)13(20)19-7)9-3-2-8(15)5-12(9)21-14(16)17/h2-5,14H,1H3,(H,19,20). The minimum absolute atomic E-state index is 0.179. The molecule has 1 heterocycles. The number of benzene rings is 1. The van der Waals surface area contributed by atoms with Crippen LogP contribution in [0.4, 0.5) is 8.78 Å². The number of aromatic nitrogens is 1. The number of alkyl halides is 2. The number of halogens is 3. The van der Waals surface area contributed by atoms with Crippen LogP contribution in [0.5, 0.6) is 5.75 Å². The molecule has 2 rings (SSSR count). The Bertz CT molecular complexity index is 782. The molecule has 108 valence electrons. The van der Waals surface area contributed by atoms with E-state index in [1.807, 2.05) is 0 Å². The van der Waals surface area contributed by atoms with Crippen LogP contribution in [-0.2, 0) is 0 Å². The van der Waals surface area contributed by atoms with E-state index in [1.165, 1.54) is 24.3 Å². The molecule has 0 saturated heterocycles. The molecule has 0 aliphatic heterocycles. The zero-order valence-corrected chi connectivity index (χ0v) is 11.5. The Labute approximate surface area is 123 Å². The highest BCUT2D eigenvalue weighted by Gasteiger charge is 2.17. The van der Waals surface area contributed by atoms with E-state index in [-0.39, 0.29) is 27.5 Å². The van der Waals surface area contributed by atoms with Crippen LogP contribution >= 0.6 is 11.6 Å². The van der Waals surface area contributed by atoms with Gasteiger partial charge in [0.05, 0.1) is 0 Å². The Balaban J connectivity index is 2.73. The highest BCUT2D eigenvalue weighted by atomic mass is 35.5. The fourth-order valence-electron chi connectivity index (χ4n) is 1.92. The zero-order valence-electron chi connectivity index (χ0n) is 10.8. The Morgan fingerprint density at radius 1 is 1.33 bits per heavy atom. The smallest absolute Gasteiger partial charge is 0.387 e. The topological polar surface area (TPSA) is 65.9 Å². The van der Waals surface area contributed by atoms with E-state index >= 15 is 0 Å². The maximum Gasteiger partial charge on any atom is 0.387 e. The number of rotatable bonds is 3. The zero-order chi connectivity index (χ0) is 15.6. The van der Waals surface area contributed by atoms with Crippen molar-refractivity contribution in [2.45, 2.75) is 13.5 Å². The number of nitriles is 1. The van der Waals surface area contributed by atoms with Gasteiger partial charge in [-0.25, -0.2) is 0 Å². The molecule has 1 aromatic heterocycles. The molecule has 4 nitrogen and oxygen atoms in total. The number of nitrogens with one attached hydrogen (secondary N) is 1. The fraction of sp³-hybridized carbons (Fsp3) is 0.143. The van der Waals surface area contributed by atoms with Crippen LogP contribution in [0.3, 0.4) is 0 Å². The summed E-state index contributed by atoms with van der Waals surface area (Å²) in [5.41, 5.74) is 0.135. The van der Waals surface area contributed by atoms with Gasteiger partial charge in [-0.1, -0.05) is 11.6 Å². The number of H-pyrrole nitrogens is 1. The summed E-state index contributed by atoms with van der Waals surface area (Å²) >= 11 is 5.77. The van der Waals surface area contributed by atoms with Gasteiger partial charge in [0, 0.05) is 21.8 Å². The number of hydrogen-bond donors (Lipinski definition) is 1. The maximum atomic E-state index is 12.5. The fourth-order valence-corrected chi connectivity index (χ4v) is 2.09. The Kier molecular flexibility index (Phi) is 4.24. The summed E-state index contributed by atoms with van der Waals surface area (Å²) in [4.78, 5) is 14.3. The SMILES string of the molecule is Cc1cc(-c2ccc(Cl)cc2OC(F)F)c(C#N)c(=O)[nH]1. The van der Waals surface area contributed by atoms with Gasteiger partial charge in [-0.3, -0.25) is 4.79 Å². The average molecular weight is 311 g/mol. The monoisotopic (exact) mass is 310 g/mol. The predicted molar refractivity (Wildman–Crippen MR) is 73.6 cm³/mol. The van der Waals surface area contributed by atoms with Gasteiger partial charge in [-0.15, -0.1) is 0 Å². The normalized spacial score (nSPS) is 10.5. The summed E-state index contributed by atoms with van der Waals surface area (Å²) in [6.07, 6.45) is 0. The van der Waals surface area contributed by atoms with Crippen molar-refractivity contribution in [2.75, 3.05) is 0 Å². The molecule has 0 amide bonds. The summed E-state index contributed by atoms with van der Waals surface area (Å²) in [6.45, 7) is -1.42. The number of ether oxygens (including phenoxy) is 1. The molecule has 7 heteroatoms. The van der Waals surface area contributed by atoms with Crippen molar-refractivity contribution in [1.82, 2.24) is 4.98 Å². The maximum absolute atomic E-state index is 12.5. The first kappa shape index (κ1) is 15.0. The second-order valence-electron chi connectivity index (χ2n) is 4.20. The third-order valence-corrected chi connectivity index (χ3v) is 2.96. The molecule has 2 aromatic rings. The van der Waals surface area contributed by atoms with Gasteiger partial charge in [-0.05, 0) is 31.2 Å². The van der Waals surface area contributed by atoms with Crippen LogP contribution in [0.25, 0.3) is 11.1 Å². The van der Waals surface area contributed by atoms with E-state index in [9.17, 15) is 13.6 Å². The number of aryl methyl sites for hydroxylation is 1. The summed E-state index contributed by atoms with van der Waals surface area (Å²) in [7, 11) is 0. The second-order valence-corrected chi connectivity index (χ2v) is 4.64. The van der Waals surface area contributed by atoms with Gasteiger partial charge in [0.2, 0.25) is 0 Å². The van der Waals surface area contributed by atoms with Crippen LogP contribution in [0, 0.1) is 18.3 Å². The van der Waals surface area contributed by atoms with Gasteiger partial charge in [0.15, 0.2) is 0 Å². The minimum Gasteiger partial charge on any atom is -0.434 e. The van der Waals surface area contributed by atoms with Crippen LogP contribution < -0.4 is 10.3 Å². The quantitative estimate of drug-likeness (QED) is 0.944. The van der Waals surface area contributed by atoms with Gasteiger partial charge in [0.25, 0.3) is 5.56 Å². The van der Waals surface area contributed by atoms with E-state index in [0.29, 0.717) is 5.69 Å². The molecular weight excluding hydrogens is 302 g/mol. The van der Waals surface area contributed by atoms with Crippen LogP contribution in [-0.4, -0.2) is 11.6 Å². The summed E-state index contributed by atoms with van der Waals surface area (Å²) < 4.78 is 29.4. The molecule has 1 aromatic carbocycles. The summed E-state index contributed by atoms with van der Waals surface area (Å²) in [5.74, 6) is -0.195. The Morgan fingerprint density at radius 3 is 2.67 bits per heavy atom. The van der Waals surface area contributed by atoms with E-state index in [2.05, 4.69) is 9.72 Å². The lowest BCUT2D eigenvalue weighted by atomic mass is 10.00. The molecule has 1 N–H and O–H groups in total. The largest absolute Gasteiger partial charge is 0.434 e. The number of hydrogen-bond acceptors (Lipinski definition) is 3. The lowest BCUT2D eigenvalue weighted by Crippen LogP contribution is -2.13. The molecule has 0 radical (unpaired) electrons.